The van der Waals surface area contributed by atoms with Gasteiger partial charge in [-0.05, 0) is 36.4 Å². The van der Waals surface area contributed by atoms with E-state index in [1.807, 2.05) is 0 Å². The first-order chi connectivity index (χ1) is 14.9. The first-order valence-corrected chi connectivity index (χ1v) is 10.7. The number of methoxy groups -OCH3 is 2. The van der Waals surface area contributed by atoms with Crippen LogP contribution >= 0.6 is 0 Å². The van der Waals surface area contributed by atoms with E-state index in [9.17, 15) is 13.2 Å². The minimum Gasteiger partial charge on any atom is -0.497 e. The van der Waals surface area contributed by atoms with Gasteiger partial charge in [-0.25, -0.2) is 17.9 Å². The van der Waals surface area contributed by atoms with Crippen molar-refractivity contribution in [2.75, 3.05) is 20.8 Å². The van der Waals surface area contributed by atoms with Crippen molar-refractivity contribution in [1.29, 1.82) is 0 Å². The van der Waals surface area contributed by atoms with Crippen molar-refractivity contribution in [1.82, 2.24) is 14.9 Å². The van der Waals surface area contributed by atoms with E-state index in [1.165, 1.54) is 31.4 Å². The number of esters is 1. The van der Waals surface area contributed by atoms with E-state index in [1.54, 1.807) is 32.2 Å². The molecule has 0 unspecified atom stereocenters. The van der Waals surface area contributed by atoms with Gasteiger partial charge >= 0.3 is 5.97 Å². The summed E-state index contributed by atoms with van der Waals surface area (Å²) in [6, 6.07) is 10.5. The van der Waals surface area contributed by atoms with Gasteiger partial charge in [0, 0.05) is 12.6 Å². The maximum atomic E-state index is 12.2. The van der Waals surface area contributed by atoms with Crippen molar-refractivity contribution in [2.45, 2.75) is 18.4 Å². The number of carbonyl (C=O) groups is 1. The normalized spacial score (nSPS) is 11.2. The highest BCUT2D eigenvalue weighted by Gasteiger charge is 2.17. The molecule has 0 aliphatic rings. The number of aromatic nitrogens is 2. The van der Waals surface area contributed by atoms with Crippen LogP contribution in [0.15, 0.2) is 51.9 Å². The molecule has 0 aliphatic carbocycles. The lowest BCUT2D eigenvalue weighted by Gasteiger charge is -2.07. The number of rotatable bonds is 9. The zero-order chi connectivity index (χ0) is 22.4. The van der Waals surface area contributed by atoms with E-state index in [2.05, 4.69) is 14.9 Å². The molecule has 0 aliphatic heterocycles. The zero-order valence-corrected chi connectivity index (χ0v) is 17.9. The van der Waals surface area contributed by atoms with Gasteiger partial charge in [-0.15, -0.1) is 0 Å². The van der Waals surface area contributed by atoms with Gasteiger partial charge in [-0.3, -0.25) is 0 Å². The summed E-state index contributed by atoms with van der Waals surface area (Å²) in [7, 11) is -0.540. The third-order valence-corrected chi connectivity index (χ3v) is 5.74. The first-order valence-electron chi connectivity index (χ1n) is 9.19. The van der Waals surface area contributed by atoms with Crippen molar-refractivity contribution in [2.24, 2.45) is 0 Å². The SMILES string of the molecule is CCNS(=O)(=O)c1ccc(C(=O)OCc2nc(-c3ccc(OC)cc3OC)no2)cc1. The number of sulfonamides is 1. The molecule has 164 valence electrons. The van der Waals surface area contributed by atoms with Crippen LogP contribution in [0, 0.1) is 0 Å². The first kappa shape index (κ1) is 22.2. The van der Waals surface area contributed by atoms with Gasteiger partial charge < -0.3 is 18.7 Å². The third-order valence-electron chi connectivity index (χ3n) is 4.18. The highest BCUT2D eigenvalue weighted by atomic mass is 32.2. The van der Waals surface area contributed by atoms with E-state index in [4.69, 9.17) is 18.7 Å². The second kappa shape index (κ2) is 9.58. The van der Waals surface area contributed by atoms with Gasteiger partial charge in [-0.2, -0.15) is 4.98 Å². The summed E-state index contributed by atoms with van der Waals surface area (Å²) in [6.07, 6.45) is 0. The molecule has 1 N–H and O–H groups in total. The summed E-state index contributed by atoms with van der Waals surface area (Å²) in [5.74, 6) is 0.809. The van der Waals surface area contributed by atoms with E-state index < -0.39 is 16.0 Å². The number of nitrogens with one attached hydrogen (secondary N) is 1. The number of ether oxygens (including phenoxy) is 3. The number of hydrogen-bond donors (Lipinski definition) is 1. The maximum Gasteiger partial charge on any atom is 0.338 e. The maximum absolute atomic E-state index is 12.2. The lowest BCUT2D eigenvalue weighted by Crippen LogP contribution is -2.23. The number of nitrogens with zero attached hydrogens (tertiary/aromatic N) is 2. The summed E-state index contributed by atoms with van der Waals surface area (Å²) in [6.45, 7) is 1.69. The van der Waals surface area contributed by atoms with Crippen LogP contribution in [0.5, 0.6) is 11.5 Å². The fourth-order valence-electron chi connectivity index (χ4n) is 2.66. The van der Waals surface area contributed by atoms with Crippen LogP contribution in [0.4, 0.5) is 0 Å². The Morgan fingerprint density at radius 1 is 1.10 bits per heavy atom. The molecular weight excluding hydrogens is 426 g/mol. The van der Waals surface area contributed by atoms with Crippen LogP contribution in [0.3, 0.4) is 0 Å². The van der Waals surface area contributed by atoms with E-state index in [-0.39, 0.29) is 35.3 Å². The number of carbonyl (C=O) groups excluding carboxylic acids is 1. The predicted molar refractivity (Wildman–Crippen MR) is 109 cm³/mol. The molecule has 0 atom stereocenters. The summed E-state index contributed by atoms with van der Waals surface area (Å²) in [5.41, 5.74) is 0.772. The quantitative estimate of drug-likeness (QED) is 0.491. The highest BCUT2D eigenvalue weighted by molar-refractivity contribution is 7.89. The van der Waals surface area contributed by atoms with Crippen LogP contribution in [0.25, 0.3) is 11.4 Å². The molecule has 1 heterocycles. The van der Waals surface area contributed by atoms with Gasteiger partial charge in [-0.1, -0.05) is 12.1 Å². The van der Waals surface area contributed by atoms with Gasteiger partial charge in [0.05, 0.1) is 30.2 Å². The Morgan fingerprint density at radius 3 is 2.48 bits per heavy atom. The Morgan fingerprint density at radius 2 is 1.84 bits per heavy atom. The monoisotopic (exact) mass is 447 g/mol. The van der Waals surface area contributed by atoms with Gasteiger partial charge in [0.2, 0.25) is 15.8 Å². The highest BCUT2D eigenvalue weighted by Crippen LogP contribution is 2.31. The largest absolute Gasteiger partial charge is 0.497 e. The molecule has 0 fully saturated rings. The smallest absolute Gasteiger partial charge is 0.338 e. The fraction of sp³-hybridized carbons (Fsp3) is 0.250. The Bertz CT molecular complexity index is 1160. The molecule has 0 bridgehead atoms. The predicted octanol–water partition coefficient (Wildman–Crippen LogP) is 2.41. The molecule has 0 saturated carbocycles. The van der Waals surface area contributed by atoms with Gasteiger partial charge in [0.1, 0.15) is 11.5 Å². The van der Waals surface area contributed by atoms with Crippen LogP contribution in [-0.2, 0) is 21.4 Å². The van der Waals surface area contributed by atoms with Crippen molar-refractivity contribution in [3.63, 3.8) is 0 Å². The van der Waals surface area contributed by atoms with Crippen molar-refractivity contribution in [3.8, 4) is 22.9 Å². The Labute approximate surface area is 179 Å². The molecule has 0 spiro atoms. The topological polar surface area (TPSA) is 130 Å². The summed E-state index contributed by atoms with van der Waals surface area (Å²) in [4.78, 5) is 16.5. The zero-order valence-electron chi connectivity index (χ0n) is 17.1. The van der Waals surface area contributed by atoms with Crippen molar-refractivity contribution >= 4 is 16.0 Å². The average molecular weight is 447 g/mol. The van der Waals surface area contributed by atoms with Crippen LogP contribution in [-0.4, -0.2) is 45.3 Å². The second-order valence-corrected chi connectivity index (χ2v) is 7.95. The van der Waals surface area contributed by atoms with Crippen molar-refractivity contribution in [3.05, 3.63) is 53.9 Å². The number of benzene rings is 2. The summed E-state index contributed by atoms with van der Waals surface area (Å²) >= 11 is 0. The van der Waals surface area contributed by atoms with Gasteiger partial charge in [0.25, 0.3) is 5.89 Å². The minimum absolute atomic E-state index is 0.0564. The lowest BCUT2D eigenvalue weighted by atomic mass is 10.2. The molecule has 1 aromatic heterocycles. The second-order valence-electron chi connectivity index (χ2n) is 6.18. The lowest BCUT2D eigenvalue weighted by molar-refractivity contribution is 0.0429. The van der Waals surface area contributed by atoms with Crippen LogP contribution in [0.2, 0.25) is 0 Å². The van der Waals surface area contributed by atoms with Crippen LogP contribution in [0.1, 0.15) is 23.2 Å². The summed E-state index contributed by atoms with van der Waals surface area (Å²) in [5, 5.41) is 3.89. The minimum atomic E-state index is -3.60. The number of hydrogen-bond acceptors (Lipinski definition) is 9. The van der Waals surface area contributed by atoms with Crippen LogP contribution < -0.4 is 14.2 Å². The molecule has 3 aromatic rings. The Hall–Kier alpha value is -3.44. The standard InChI is InChI=1S/C20H21N3O7S/c1-4-21-31(25,26)15-8-5-13(6-9-15)20(24)29-12-18-22-19(23-30-18)16-10-7-14(27-2)11-17(16)28-3/h5-11,21H,4,12H2,1-3H3. The van der Waals surface area contributed by atoms with E-state index in [0.717, 1.165) is 0 Å². The Balaban J connectivity index is 1.66. The van der Waals surface area contributed by atoms with E-state index >= 15 is 0 Å². The molecule has 31 heavy (non-hydrogen) atoms. The third kappa shape index (κ3) is 5.19. The van der Waals surface area contributed by atoms with Crippen molar-refractivity contribution < 1.29 is 31.9 Å². The Kier molecular flexibility index (Phi) is 6.88. The fourth-order valence-corrected chi connectivity index (χ4v) is 3.70. The average Bonchev–Trinajstić information content (AvgIpc) is 3.25. The van der Waals surface area contributed by atoms with E-state index in [0.29, 0.717) is 17.1 Å². The molecule has 3 rings (SSSR count). The molecule has 0 amide bonds. The summed E-state index contributed by atoms with van der Waals surface area (Å²) < 4.78 is 47.1. The molecule has 0 saturated heterocycles. The molecule has 0 radical (unpaired) electrons. The molecule has 10 nitrogen and oxygen atoms in total. The molecular formula is C20H21N3O7S. The molecule has 2 aromatic carbocycles. The van der Waals surface area contributed by atoms with Gasteiger partial charge in [0.15, 0.2) is 6.61 Å². The molecule has 11 heteroatoms.